The fourth-order valence-corrected chi connectivity index (χ4v) is 2.75. The molecule has 0 bridgehead atoms. The molecule has 114 valence electrons. The molecule has 0 aliphatic heterocycles. The van der Waals surface area contributed by atoms with Crippen LogP contribution in [0.15, 0.2) is 12.1 Å². The van der Waals surface area contributed by atoms with Gasteiger partial charge in [-0.3, -0.25) is 9.89 Å². The van der Waals surface area contributed by atoms with Crippen molar-refractivity contribution in [2.75, 3.05) is 0 Å². The van der Waals surface area contributed by atoms with Gasteiger partial charge in [0.25, 0.3) is 5.91 Å². The molecule has 0 saturated carbocycles. The second-order valence-electron chi connectivity index (χ2n) is 5.67. The molecule has 1 amide bonds. The van der Waals surface area contributed by atoms with Gasteiger partial charge >= 0.3 is 0 Å². The van der Waals surface area contributed by atoms with Gasteiger partial charge in [-0.25, -0.2) is 0 Å². The molecule has 0 radical (unpaired) electrons. The predicted octanol–water partition coefficient (Wildman–Crippen LogP) is 2.90. The van der Waals surface area contributed by atoms with Crippen LogP contribution in [-0.2, 0) is 13.0 Å². The quantitative estimate of drug-likeness (QED) is 0.888. The number of carbonyl (C=O) groups is 1. The Morgan fingerprint density at radius 2 is 2.10 bits per heavy atom. The van der Waals surface area contributed by atoms with E-state index in [4.69, 9.17) is 0 Å². The lowest BCUT2D eigenvalue weighted by atomic mass is 10.2. The molecule has 2 heterocycles. The highest BCUT2D eigenvalue weighted by molar-refractivity contribution is 5.95. The van der Waals surface area contributed by atoms with Crippen LogP contribution >= 0.6 is 0 Å². The molecule has 0 aliphatic rings. The average Bonchev–Trinajstić information content (AvgIpc) is 3.00. The SMILES string of the molecule is CCc1cc(CNC(=O)c2cc(C)n(C(C)C)c2C)[nH]n1. The van der Waals surface area contributed by atoms with E-state index in [1.165, 1.54) is 0 Å². The van der Waals surface area contributed by atoms with E-state index in [-0.39, 0.29) is 5.91 Å². The first kappa shape index (κ1) is 15.4. The number of aryl methyl sites for hydroxylation is 2. The zero-order valence-corrected chi connectivity index (χ0v) is 13.4. The first-order valence-corrected chi connectivity index (χ1v) is 7.43. The monoisotopic (exact) mass is 288 g/mol. The van der Waals surface area contributed by atoms with Crippen LogP contribution in [0.2, 0.25) is 0 Å². The summed E-state index contributed by atoms with van der Waals surface area (Å²) in [6.07, 6.45) is 0.889. The standard InChI is InChI=1S/C16H24N4O/c1-6-13-8-14(19-18-13)9-17-16(21)15-7-11(4)20(10(2)3)12(15)5/h7-8,10H,6,9H2,1-5H3,(H,17,21)(H,18,19). The molecular formula is C16H24N4O. The van der Waals surface area contributed by atoms with Gasteiger partial charge in [0.05, 0.1) is 23.5 Å². The fraction of sp³-hybridized carbons (Fsp3) is 0.500. The van der Waals surface area contributed by atoms with Crippen molar-refractivity contribution in [2.45, 2.75) is 53.6 Å². The summed E-state index contributed by atoms with van der Waals surface area (Å²) in [5, 5.41) is 10.1. The van der Waals surface area contributed by atoms with Gasteiger partial charge in [0.2, 0.25) is 0 Å². The maximum Gasteiger partial charge on any atom is 0.253 e. The molecular weight excluding hydrogens is 264 g/mol. The minimum atomic E-state index is -0.0392. The molecule has 2 N–H and O–H groups in total. The van der Waals surface area contributed by atoms with Gasteiger partial charge in [0, 0.05) is 17.4 Å². The Kier molecular flexibility index (Phi) is 4.50. The molecule has 0 aliphatic carbocycles. The molecule has 2 rings (SSSR count). The molecule has 0 saturated heterocycles. The van der Waals surface area contributed by atoms with E-state index in [0.717, 1.165) is 34.8 Å². The third kappa shape index (κ3) is 3.17. The maximum atomic E-state index is 12.3. The number of hydrogen-bond acceptors (Lipinski definition) is 2. The molecule has 0 atom stereocenters. The first-order chi connectivity index (χ1) is 9.93. The lowest BCUT2D eigenvalue weighted by molar-refractivity contribution is 0.0949. The van der Waals surface area contributed by atoms with Crippen molar-refractivity contribution in [3.63, 3.8) is 0 Å². The summed E-state index contributed by atoms with van der Waals surface area (Å²) >= 11 is 0. The highest BCUT2D eigenvalue weighted by Gasteiger charge is 2.17. The van der Waals surface area contributed by atoms with Crippen LogP contribution in [0, 0.1) is 13.8 Å². The van der Waals surface area contributed by atoms with Crippen molar-refractivity contribution in [3.8, 4) is 0 Å². The lowest BCUT2D eigenvalue weighted by Gasteiger charge is -2.13. The van der Waals surface area contributed by atoms with Crippen molar-refractivity contribution in [3.05, 3.63) is 40.5 Å². The first-order valence-electron chi connectivity index (χ1n) is 7.43. The summed E-state index contributed by atoms with van der Waals surface area (Å²) in [4.78, 5) is 12.3. The van der Waals surface area contributed by atoms with Gasteiger partial charge < -0.3 is 9.88 Å². The summed E-state index contributed by atoms with van der Waals surface area (Å²) < 4.78 is 2.18. The van der Waals surface area contributed by atoms with Crippen LogP contribution in [-0.4, -0.2) is 20.7 Å². The van der Waals surface area contributed by atoms with Crippen molar-refractivity contribution in [2.24, 2.45) is 0 Å². The Morgan fingerprint density at radius 3 is 2.62 bits per heavy atom. The molecule has 21 heavy (non-hydrogen) atoms. The van der Waals surface area contributed by atoms with Gasteiger partial charge in [-0.15, -0.1) is 0 Å². The van der Waals surface area contributed by atoms with Crippen molar-refractivity contribution >= 4 is 5.91 Å². The lowest BCUT2D eigenvalue weighted by Crippen LogP contribution is -2.23. The topological polar surface area (TPSA) is 62.7 Å². The van der Waals surface area contributed by atoms with E-state index in [0.29, 0.717) is 12.6 Å². The van der Waals surface area contributed by atoms with Crippen molar-refractivity contribution in [1.82, 2.24) is 20.1 Å². The van der Waals surface area contributed by atoms with Crippen LogP contribution in [0.3, 0.4) is 0 Å². The second-order valence-corrected chi connectivity index (χ2v) is 5.67. The second kappa shape index (κ2) is 6.16. The summed E-state index contributed by atoms with van der Waals surface area (Å²) in [6, 6.07) is 4.29. The van der Waals surface area contributed by atoms with E-state index in [9.17, 15) is 4.79 Å². The minimum absolute atomic E-state index is 0.0392. The third-order valence-corrected chi connectivity index (χ3v) is 3.73. The van der Waals surface area contributed by atoms with Gasteiger partial charge in [-0.05, 0) is 46.2 Å². The number of rotatable bonds is 5. The van der Waals surface area contributed by atoms with Crippen LogP contribution in [0.4, 0.5) is 0 Å². The van der Waals surface area contributed by atoms with Crippen LogP contribution < -0.4 is 5.32 Å². The largest absolute Gasteiger partial charge is 0.346 e. The number of nitrogens with one attached hydrogen (secondary N) is 2. The fourth-order valence-electron chi connectivity index (χ4n) is 2.75. The summed E-state index contributed by atoms with van der Waals surface area (Å²) in [5.41, 5.74) is 4.81. The van der Waals surface area contributed by atoms with Crippen molar-refractivity contribution in [1.29, 1.82) is 0 Å². The summed E-state index contributed by atoms with van der Waals surface area (Å²) in [6.45, 7) is 10.8. The van der Waals surface area contributed by atoms with Gasteiger partial charge in [-0.2, -0.15) is 5.10 Å². The molecule has 0 unspecified atom stereocenters. The van der Waals surface area contributed by atoms with Gasteiger partial charge in [0.15, 0.2) is 0 Å². The summed E-state index contributed by atoms with van der Waals surface area (Å²) in [5.74, 6) is -0.0392. The molecule has 5 heteroatoms. The molecule has 0 fully saturated rings. The van der Waals surface area contributed by atoms with Crippen LogP contribution in [0.1, 0.15) is 59.9 Å². The highest BCUT2D eigenvalue weighted by atomic mass is 16.1. The number of nitrogens with zero attached hydrogens (tertiary/aromatic N) is 2. The Balaban J connectivity index is 2.08. The number of aromatic nitrogens is 3. The van der Waals surface area contributed by atoms with E-state index < -0.39 is 0 Å². The molecule has 2 aromatic heterocycles. The number of amides is 1. The van der Waals surface area contributed by atoms with E-state index in [1.807, 2.05) is 26.0 Å². The number of aromatic amines is 1. The Labute approximate surface area is 125 Å². The average molecular weight is 288 g/mol. The molecule has 0 spiro atoms. The zero-order valence-electron chi connectivity index (χ0n) is 13.4. The molecule has 2 aromatic rings. The maximum absolute atomic E-state index is 12.3. The zero-order chi connectivity index (χ0) is 15.6. The number of carbonyl (C=O) groups excluding carboxylic acids is 1. The number of H-pyrrole nitrogens is 1. The number of hydrogen-bond donors (Lipinski definition) is 2. The van der Waals surface area contributed by atoms with E-state index in [1.54, 1.807) is 0 Å². The van der Waals surface area contributed by atoms with Crippen LogP contribution in [0.25, 0.3) is 0 Å². The molecule has 5 nitrogen and oxygen atoms in total. The third-order valence-electron chi connectivity index (χ3n) is 3.73. The van der Waals surface area contributed by atoms with E-state index >= 15 is 0 Å². The minimum Gasteiger partial charge on any atom is -0.346 e. The van der Waals surface area contributed by atoms with Gasteiger partial charge in [-0.1, -0.05) is 6.92 Å². The Morgan fingerprint density at radius 1 is 1.38 bits per heavy atom. The van der Waals surface area contributed by atoms with Crippen LogP contribution in [0.5, 0.6) is 0 Å². The smallest absolute Gasteiger partial charge is 0.253 e. The van der Waals surface area contributed by atoms with E-state index in [2.05, 4.69) is 40.9 Å². The molecule has 0 aromatic carbocycles. The van der Waals surface area contributed by atoms with Gasteiger partial charge in [0.1, 0.15) is 0 Å². The Bertz CT molecular complexity index is 637. The normalized spacial score (nSPS) is 11.1. The summed E-state index contributed by atoms with van der Waals surface area (Å²) in [7, 11) is 0. The predicted molar refractivity (Wildman–Crippen MR) is 83.4 cm³/mol. The Hall–Kier alpha value is -2.04. The highest BCUT2D eigenvalue weighted by Crippen LogP contribution is 2.20. The van der Waals surface area contributed by atoms with Crippen molar-refractivity contribution < 1.29 is 4.79 Å².